The standard InChI is InChI=1S/C15H28N4/c1-6-10-16-11-9-12-13(7-2)17-15(19(4)5)18-14(12)8-3/h16H,6-11H2,1-5H3. The van der Waals surface area contributed by atoms with Crippen LogP contribution in [0.4, 0.5) is 5.95 Å². The minimum Gasteiger partial charge on any atom is -0.347 e. The zero-order chi connectivity index (χ0) is 14.3. The van der Waals surface area contributed by atoms with Gasteiger partial charge in [-0.25, -0.2) is 9.97 Å². The summed E-state index contributed by atoms with van der Waals surface area (Å²) in [5, 5.41) is 3.46. The number of hydrogen-bond donors (Lipinski definition) is 1. The lowest BCUT2D eigenvalue weighted by molar-refractivity contribution is 0.662. The van der Waals surface area contributed by atoms with Gasteiger partial charge in [0.25, 0.3) is 0 Å². The number of hydrogen-bond acceptors (Lipinski definition) is 4. The molecule has 0 saturated heterocycles. The fourth-order valence-electron chi connectivity index (χ4n) is 2.16. The van der Waals surface area contributed by atoms with Gasteiger partial charge in [-0.15, -0.1) is 0 Å². The molecule has 1 aromatic heterocycles. The van der Waals surface area contributed by atoms with Gasteiger partial charge in [0.05, 0.1) is 0 Å². The van der Waals surface area contributed by atoms with Crippen LogP contribution in [-0.2, 0) is 19.3 Å². The lowest BCUT2D eigenvalue weighted by Gasteiger charge is -2.17. The molecular formula is C15H28N4. The molecular weight excluding hydrogens is 236 g/mol. The molecule has 19 heavy (non-hydrogen) atoms. The smallest absolute Gasteiger partial charge is 0.225 e. The van der Waals surface area contributed by atoms with E-state index in [2.05, 4.69) is 36.1 Å². The first-order chi connectivity index (χ1) is 9.13. The first kappa shape index (κ1) is 15.9. The topological polar surface area (TPSA) is 41.1 Å². The number of aromatic nitrogens is 2. The molecule has 0 amide bonds. The SMILES string of the molecule is CCCNCCc1c(CC)nc(N(C)C)nc1CC. The average Bonchev–Trinajstić information content (AvgIpc) is 2.42. The van der Waals surface area contributed by atoms with E-state index in [4.69, 9.17) is 0 Å². The van der Waals surface area contributed by atoms with Gasteiger partial charge in [-0.2, -0.15) is 0 Å². The Bertz CT molecular complexity index is 363. The summed E-state index contributed by atoms with van der Waals surface area (Å²) in [6.07, 6.45) is 4.15. The highest BCUT2D eigenvalue weighted by atomic mass is 15.2. The maximum absolute atomic E-state index is 4.69. The van der Waals surface area contributed by atoms with Crippen LogP contribution in [0.1, 0.15) is 44.1 Å². The van der Waals surface area contributed by atoms with Gasteiger partial charge >= 0.3 is 0 Å². The Morgan fingerprint density at radius 3 is 1.95 bits per heavy atom. The van der Waals surface area contributed by atoms with Crippen molar-refractivity contribution in [2.24, 2.45) is 0 Å². The molecule has 1 aromatic rings. The Morgan fingerprint density at radius 1 is 0.947 bits per heavy atom. The minimum absolute atomic E-state index is 0.832. The van der Waals surface area contributed by atoms with Gasteiger partial charge in [-0.05, 0) is 44.3 Å². The van der Waals surface area contributed by atoms with Gasteiger partial charge < -0.3 is 10.2 Å². The van der Waals surface area contributed by atoms with Crippen LogP contribution in [-0.4, -0.2) is 37.2 Å². The highest BCUT2D eigenvalue weighted by molar-refractivity contribution is 5.36. The van der Waals surface area contributed by atoms with Gasteiger partial charge in [0.2, 0.25) is 5.95 Å². The van der Waals surface area contributed by atoms with Crippen molar-refractivity contribution in [3.63, 3.8) is 0 Å². The fourth-order valence-corrected chi connectivity index (χ4v) is 2.16. The molecule has 0 spiro atoms. The Balaban J connectivity index is 2.93. The van der Waals surface area contributed by atoms with Gasteiger partial charge in [0.1, 0.15) is 0 Å². The van der Waals surface area contributed by atoms with E-state index in [1.54, 1.807) is 0 Å². The number of rotatable bonds is 8. The predicted octanol–water partition coefficient (Wildman–Crippen LogP) is 2.21. The molecule has 0 atom stereocenters. The number of nitrogens with zero attached hydrogens (tertiary/aromatic N) is 3. The van der Waals surface area contributed by atoms with Crippen LogP contribution in [0.2, 0.25) is 0 Å². The average molecular weight is 264 g/mol. The van der Waals surface area contributed by atoms with Crippen LogP contribution >= 0.6 is 0 Å². The Kier molecular flexibility index (Phi) is 6.78. The molecule has 0 saturated carbocycles. The van der Waals surface area contributed by atoms with Crippen LogP contribution in [0.3, 0.4) is 0 Å². The molecule has 0 aromatic carbocycles. The van der Waals surface area contributed by atoms with E-state index in [9.17, 15) is 0 Å². The quantitative estimate of drug-likeness (QED) is 0.731. The Morgan fingerprint density at radius 2 is 1.53 bits per heavy atom. The van der Waals surface area contributed by atoms with E-state index in [0.717, 1.165) is 38.3 Å². The summed E-state index contributed by atoms with van der Waals surface area (Å²) in [4.78, 5) is 11.4. The summed E-state index contributed by atoms with van der Waals surface area (Å²) in [5.74, 6) is 0.832. The molecule has 1 heterocycles. The zero-order valence-corrected chi connectivity index (χ0v) is 13.1. The number of nitrogens with one attached hydrogen (secondary N) is 1. The van der Waals surface area contributed by atoms with Crippen LogP contribution in [0.15, 0.2) is 0 Å². The number of anilines is 1. The van der Waals surface area contributed by atoms with Crippen molar-refractivity contribution >= 4 is 5.95 Å². The fraction of sp³-hybridized carbons (Fsp3) is 0.733. The second-order valence-electron chi connectivity index (χ2n) is 5.00. The molecule has 0 fully saturated rings. The van der Waals surface area contributed by atoms with Crippen molar-refractivity contribution in [2.75, 3.05) is 32.1 Å². The van der Waals surface area contributed by atoms with Crippen molar-refractivity contribution in [2.45, 2.75) is 46.5 Å². The molecule has 0 bridgehead atoms. The van der Waals surface area contributed by atoms with Crippen LogP contribution in [0, 0.1) is 0 Å². The summed E-state index contributed by atoms with van der Waals surface area (Å²) >= 11 is 0. The minimum atomic E-state index is 0.832. The normalized spacial score (nSPS) is 10.8. The van der Waals surface area contributed by atoms with E-state index >= 15 is 0 Å². The molecule has 0 aliphatic heterocycles. The third-order valence-corrected chi connectivity index (χ3v) is 3.21. The van der Waals surface area contributed by atoms with Gasteiger partial charge in [-0.3, -0.25) is 0 Å². The molecule has 1 rings (SSSR count). The molecule has 0 radical (unpaired) electrons. The third-order valence-electron chi connectivity index (χ3n) is 3.21. The molecule has 0 aliphatic carbocycles. The van der Waals surface area contributed by atoms with E-state index in [1.165, 1.54) is 23.4 Å². The molecule has 108 valence electrons. The summed E-state index contributed by atoms with van der Waals surface area (Å²) in [7, 11) is 3.99. The van der Waals surface area contributed by atoms with Gasteiger partial charge in [0, 0.05) is 25.5 Å². The first-order valence-electron chi connectivity index (χ1n) is 7.40. The largest absolute Gasteiger partial charge is 0.347 e. The maximum Gasteiger partial charge on any atom is 0.225 e. The predicted molar refractivity (Wildman–Crippen MR) is 82.0 cm³/mol. The molecule has 4 heteroatoms. The zero-order valence-electron chi connectivity index (χ0n) is 13.1. The molecule has 0 aliphatic rings. The van der Waals surface area contributed by atoms with Crippen LogP contribution in [0.5, 0.6) is 0 Å². The van der Waals surface area contributed by atoms with E-state index in [0.29, 0.717) is 0 Å². The van der Waals surface area contributed by atoms with Crippen molar-refractivity contribution in [3.05, 3.63) is 17.0 Å². The lowest BCUT2D eigenvalue weighted by atomic mass is 10.0. The Hall–Kier alpha value is -1.16. The number of aryl methyl sites for hydroxylation is 2. The second kappa shape index (κ2) is 8.10. The van der Waals surface area contributed by atoms with Crippen LogP contribution in [0.25, 0.3) is 0 Å². The first-order valence-corrected chi connectivity index (χ1v) is 7.40. The lowest BCUT2D eigenvalue weighted by Crippen LogP contribution is -2.21. The molecule has 1 N–H and O–H groups in total. The maximum atomic E-state index is 4.69. The van der Waals surface area contributed by atoms with E-state index in [-0.39, 0.29) is 0 Å². The highest BCUT2D eigenvalue weighted by Gasteiger charge is 2.12. The molecule has 0 unspecified atom stereocenters. The van der Waals surface area contributed by atoms with Crippen molar-refractivity contribution < 1.29 is 0 Å². The summed E-state index contributed by atoms with van der Waals surface area (Å²) < 4.78 is 0. The highest BCUT2D eigenvalue weighted by Crippen LogP contribution is 2.17. The monoisotopic (exact) mass is 264 g/mol. The third kappa shape index (κ3) is 4.46. The van der Waals surface area contributed by atoms with Crippen molar-refractivity contribution in [3.8, 4) is 0 Å². The summed E-state index contributed by atoms with van der Waals surface area (Å²) in [6.45, 7) is 8.63. The van der Waals surface area contributed by atoms with E-state index < -0.39 is 0 Å². The van der Waals surface area contributed by atoms with Crippen LogP contribution < -0.4 is 10.2 Å². The van der Waals surface area contributed by atoms with Gasteiger partial charge in [0.15, 0.2) is 0 Å². The van der Waals surface area contributed by atoms with Gasteiger partial charge in [-0.1, -0.05) is 20.8 Å². The summed E-state index contributed by atoms with van der Waals surface area (Å²) in [5.41, 5.74) is 3.75. The Labute approximate surface area is 117 Å². The van der Waals surface area contributed by atoms with Crippen molar-refractivity contribution in [1.29, 1.82) is 0 Å². The second-order valence-corrected chi connectivity index (χ2v) is 5.00. The summed E-state index contributed by atoms with van der Waals surface area (Å²) in [6, 6.07) is 0. The van der Waals surface area contributed by atoms with E-state index in [1.807, 2.05) is 19.0 Å². The van der Waals surface area contributed by atoms with Crippen molar-refractivity contribution in [1.82, 2.24) is 15.3 Å². The molecule has 4 nitrogen and oxygen atoms in total.